The Labute approximate surface area is 133 Å². The minimum absolute atomic E-state index is 0.356. The highest BCUT2D eigenvalue weighted by Gasteiger charge is 2.19. The van der Waals surface area contributed by atoms with Crippen molar-refractivity contribution in [1.29, 1.82) is 0 Å². The minimum atomic E-state index is -0.425. The van der Waals surface area contributed by atoms with Gasteiger partial charge in [0.05, 0.1) is 0 Å². The van der Waals surface area contributed by atoms with Gasteiger partial charge in [-0.25, -0.2) is 9.78 Å². The normalized spacial score (nSPS) is 13.2. The van der Waals surface area contributed by atoms with Gasteiger partial charge in [0.2, 0.25) is 0 Å². The Morgan fingerprint density at radius 2 is 1.95 bits per heavy atom. The van der Waals surface area contributed by atoms with E-state index in [-0.39, 0.29) is 5.56 Å². The Balaban J connectivity index is 2.63. The largest absolute Gasteiger partial charge is 0.329 e. The van der Waals surface area contributed by atoms with Crippen LogP contribution in [0.3, 0.4) is 0 Å². The van der Waals surface area contributed by atoms with Crippen LogP contribution in [0.1, 0.15) is 40.5 Å². The van der Waals surface area contributed by atoms with Crippen LogP contribution in [0.2, 0.25) is 0 Å². The monoisotopic (exact) mass is 324 g/mol. The summed E-state index contributed by atoms with van der Waals surface area (Å²) in [5.41, 5.74) is 0.174. The number of aryl methyl sites for hydroxylation is 2. The van der Waals surface area contributed by atoms with Crippen LogP contribution in [0.4, 0.5) is 0 Å². The van der Waals surface area contributed by atoms with Gasteiger partial charge in [-0.1, -0.05) is 39.5 Å². The molecule has 0 aliphatic carbocycles. The summed E-state index contributed by atoms with van der Waals surface area (Å²) < 4.78 is 3.37. The SMILES string of the molecule is CC[C@@H](C)Sc1nc2c(c(=O)[nH]c(=O)n2C)n1CCC(C)C. The number of nitrogens with one attached hydrogen (secondary N) is 1. The molecule has 122 valence electrons. The van der Waals surface area contributed by atoms with Gasteiger partial charge in [0.15, 0.2) is 16.3 Å². The fourth-order valence-electron chi connectivity index (χ4n) is 2.16. The highest BCUT2D eigenvalue weighted by Crippen LogP contribution is 2.27. The molecule has 0 unspecified atom stereocenters. The summed E-state index contributed by atoms with van der Waals surface area (Å²) >= 11 is 1.65. The summed E-state index contributed by atoms with van der Waals surface area (Å²) in [4.78, 5) is 31.0. The van der Waals surface area contributed by atoms with E-state index < -0.39 is 5.69 Å². The molecule has 0 spiro atoms. The van der Waals surface area contributed by atoms with Crippen molar-refractivity contribution in [3.8, 4) is 0 Å². The molecule has 2 aromatic heterocycles. The third-order valence-electron chi connectivity index (χ3n) is 3.78. The number of nitrogens with zero attached hydrogens (tertiary/aromatic N) is 3. The first-order chi connectivity index (χ1) is 10.3. The zero-order valence-corrected chi connectivity index (χ0v) is 14.7. The molecular weight excluding hydrogens is 300 g/mol. The van der Waals surface area contributed by atoms with Gasteiger partial charge in [0.1, 0.15) is 0 Å². The highest BCUT2D eigenvalue weighted by atomic mass is 32.2. The van der Waals surface area contributed by atoms with Gasteiger partial charge in [0, 0.05) is 18.8 Å². The maximum absolute atomic E-state index is 12.2. The van der Waals surface area contributed by atoms with Gasteiger partial charge in [-0.15, -0.1) is 0 Å². The van der Waals surface area contributed by atoms with E-state index >= 15 is 0 Å². The van der Waals surface area contributed by atoms with Gasteiger partial charge in [-0.3, -0.25) is 14.3 Å². The average molecular weight is 324 g/mol. The molecule has 0 aliphatic rings. The molecule has 1 atom stereocenters. The van der Waals surface area contributed by atoms with Crippen LogP contribution in [0, 0.1) is 5.92 Å². The summed E-state index contributed by atoms with van der Waals surface area (Å²) in [5, 5.41) is 1.22. The molecule has 0 saturated heterocycles. The van der Waals surface area contributed by atoms with Crippen molar-refractivity contribution in [3.63, 3.8) is 0 Å². The van der Waals surface area contributed by atoms with Crippen LogP contribution in [0.25, 0.3) is 11.2 Å². The fourth-order valence-corrected chi connectivity index (χ4v) is 3.14. The van der Waals surface area contributed by atoms with E-state index in [9.17, 15) is 9.59 Å². The van der Waals surface area contributed by atoms with E-state index in [1.165, 1.54) is 4.57 Å². The molecule has 0 radical (unpaired) electrons. The van der Waals surface area contributed by atoms with E-state index in [0.717, 1.165) is 24.5 Å². The first-order valence-electron chi connectivity index (χ1n) is 7.71. The predicted octanol–water partition coefficient (Wildman–Crippen LogP) is 2.36. The standard InChI is InChI=1S/C15H24N4O2S/c1-6-10(4)22-15-16-12-11(19(15)8-7-9(2)3)13(20)17-14(21)18(12)5/h9-10H,6-8H2,1-5H3,(H,17,20,21)/t10-/m1/s1. The molecule has 0 fully saturated rings. The highest BCUT2D eigenvalue weighted by molar-refractivity contribution is 7.99. The smallest absolute Gasteiger partial charge is 0.313 e. The molecule has 0 aliphatic heterocycles. The summed E-state index contributed by atoms with van der Waals surface area (Å²) in [6, 6.07) is 0. The number of hydrogen-bond acceptors (Lipinski definition) is 4. The summed E-state index contributed by atoms with van der Waals surface area (Å²) in [6.07, 6.45) is 1.98. The van der Waals surface area contributed by atoms with Crippen LogP contribution in [0.15, 0.2) is 14.7 Å². The fraction of sp³-hybridized carbons (Fsp3) is 0.667. The maximum atomic E-state index is 12.2. The van der Waals surface area contributed by atoms with Gasteiger partial charge in [-0.05, 0) is 18.8 Å². The zero-order valence-electron chi connectivity index (χ0n) is 13.8. The summed E-state index contributed by atoms with van der Waals surface area (Å²) in [5.74, 6) is 0.533. The molecule has 1 N–H and O–H groups in total. The lowest BCUT2D eigenvalue weighted by molar-refractivity contribution is 0.502. The zero-order chi connectivity index (χ0) is 16.4. The average Bonchev–Trinajstić information content (AvgIpc) is 2.81. The third-order valence-corrected chi connectivity index (χ3v) is 5.04. The van der Waals surface area contributed by atoms with Crippen molar-refractivity contribution in [2.45, 2.75) is 57.5 Å². The van der Waals surface area contributed by atoms with Crippen LogP contribution in [-0.2, 0) is 13.6 Å². The Morgan fingerprint density at radius 3 is 2.55 bits per heavy atom. The predicted molar refractivity (Wildman–Crippen MR) is 90.7 cm³/mol. The number of imidazole rings is 1. The lowest BCUT2D eigenvalue weighted by atomic mass is 10.1. The molecule has 0 bridgehead atoms. The topological polar surface area (TPSA) is 72.7 Å². The molecule has 6 nitrogen and oxygen atoms in total. The summed E-state index contributed by atoms with van der Waals surface area (Å²) in [7, 11) is 1.64. The van der Waals surface area contributed by atoms with E-state index in [4.69, 9.17) is 0 Å². The van der Waals surface area contributed by atoms with Crippen LogP contribution < -0.4 is 11.2 Å². The van der Waals surface area contributed by atoms with E-state index in [1.807, 2.05) is 4.57 Å². The second kappa shape index (κ2) is 6.73. The number of hydrogen-bond donors (Lipinski definition) is 1. The molecule has 0 amide bonds. The molecule has 2 heterocycles. The van der Waals surface area contributed by atoms with Gasteiger partial charge in [0.25, 0.3) is 5.56 Å². The van der Waals surface area contributed by atoms with Crippen molar-refractivity contribution >= 4 is 22.9 Å². The number of aromatic amines is 1. The second-order valence-corrected chi connectivity index (χ2v) is 7.46. The third kappa shape index (κ3) is 3.29. The van der Waals surface area contributed by atoms with Crippen LogP contribution in [-0.4, -0.2) is 24.4 Å². The molecular formula is C15H24N4O2S. The number of H-pyrrole nitrogens is 1. The van der Waals surface area contributed by atoms with E-state index in [1.54, 1.807) is 18.8 Å². The molecule has 2 aromatic rings. The lowest BCUT2D eigenvalue weighted by Gasteiger charge is -2.12. The van der Waals surface area contributed by atoms with Crippen molar-refractivity contribution < 1.29 is 0 Å². The number of aromatic nitrogens is 4. The Kier molecular flexibility index (Phi) is 5.16. The Bertz CT molecular complexity index is 772. The molecule has 7 heteroatoms. The van der Waals surface area contributed by atoms with Crippen LogP contribution >= 0.6 is 11.8 Å². The minimum Gasteiger partial charge on any atom is -0.313 e. The maximum Gasteiger partial charge on any atom is 0.329 e. The van der Waals surface area contributed by atoms with E-state index in [2.05, 4.69) is 37.7 Å². The van der Waals surface area contributed by atoms with Gasteiger partial charge < -0.3 is 4.57 Å². The lowest BCUT2D eigenvalue weighted by Crippen LogP contribution is -2.29. The number of thioether (sulfide) groups is 1. The molecule has 2 rings (SSSR count). The first kappa shape index (κ1) is 16.9. The van der Waals surface area contributed by atoms with E-state index in [0.29, 0.717) is 22.3 Å². The van der Waals surface area contributed by atoms with Crippen molar-refractivity contribution in [2.24, 2.45) is 13.0 Å². The first-order valence-corrected chi connectivity index (χ1v) is 8.59. The number of rotatable bonds is 6. The summed E-state index contributed by atoms with van der Waals surface area (Å²) in [6.45, 7) is 9.30. The second-order valence-electron chi connectivity index (χ2n) is 6.06. The molecule has 0 saturated carbocycles. The number of fused-ring (bicyclic) bond motifs is 1. The van der Waals surface area contributed by atoms with Gasteiger partial charge in [-0.2, -0.15) is 0 Å². The van der Waals surface area contributed by atoms with Crippen molar-refractivity contribution in [3.05, 3.63) is 20.8 Å². The Morgan fingerprint density at radius 1 is 1.27 bits per heavy atom. The Hall–Kier alpha value is -1.50. The van der Waals surface area contributed by atoms with Crippen LogP contribution in [0.5, 0.6) is 0 Å². The quantitative estimate of drug-likeness (QED) is 0.828. The molecule has 0 aromatic carbocycles. The van der Waals surface area contributed by atoms with Crippen molar-refractivity contribution in [1.82, 2.24) is 19.1 Å². The van der Waals surface area contributed by atoms with Crippen molar-refractivity contribution in [2.75, 3.05) is 0 Å². The van der Waals surface area contributed by atoms with Gasteiger partial charge >= 0.3 is 5.69 Å². The molecule has 22 heavy (non-hydrogen) atoms.